The fraction of sp³-hybridized carbons (Fsp3) is 0.733. The summed E-state index contributed by atoms with van der Waals surface area (Å²) in [5, 5.41) is 9.40. The van der Waals surface area contributed by atoms with Gasteiger partial charge in [-0.1, -0.05) is 13.8 Å². The van der Waals surface area contributed by atoms with Gasteiger partial charge in [0.25, 0.3) is 0 Å². The van der Waals surface area contributed by atoms with Crippen molar-refractivity contribution in [2.45, 2.75) is 51.7 Å². The van der Waals surface area contributed by atoms with Gasteiger partial charge in [-0.25, -0.2) is 9.97 Å². The second-order valence-corrected chi connectivity index (χ2v) is 5.77. The van der Waals surface area contributed by atoms with E-state index in [1.807, 2.05) is 13.8 Å². The van der Waals surface area contributed by atoms with Gasteiger partial charge in [-0.05, 0) is 32.9 Å². The Kier molecular flexibility index (Phi) is 5.31. The van der Waals surface area contributed by atoms with Gasteiger partial charge in [-0.2, -0.15) is 0 Å². The molecule has 0 aliphatic carbocycles. The zero-order valence-electron chi connectivity index (χ0n) is 12.7. The van der Waals surface area contributed by atoms with Crippen molar-refractivity contribution in [2.75, 3.05) is 20.2 Å². The van der Waals surface area contributed by atoms with Crippen LogP contribution in [-0.4, -0.2) is 46.2 Å². The van der Waals surface area contributed by atoms with Crippen LogP contribution in [0.2, 0.25) is 0 Å². The summed E-state index contributed by atoms with van der Waals surface area (Å²) in [7, 11) is 2.16. The lowest BCUT2D eigenvalue weighted by Crippen LogP contribution is -2.26. The third-order valence-electron chi connectivity index (χ3n) is 3.89. The van der Waals surface area contributed by atoms with Crippen molar-refractivity contribution in [1.29, 1.82) is 0 Å². The highest BCUT2D eigenvalue weighted by molar-refractivity contribution is 5.24. The van der Waals surface area contributed by atoms with Crippen LogP contribution in [0.25, 0.3) is 0 Å². The Morgan fingerprint density at radius 1 is 1.50 bits per heavy atom. The molecule has 0 spiro atoms. The Morgan fingerprint density at radius 3 is 2.90 bits per heavy atom. The Bertz CT molecular complexity index is 437. The number of hydrogen-bond acceptors (Lipinski definition) is 5. The van der Waals surface area contributed by atoms with Crippen molar-refractivity contribution >= 4 is 0 Å². The minimum Gasteiger partial charge on any atom is -0.490 e. The molecule has 1 fully saturated rings. The maximum atomic E-state index is 9.40. The zero-order valence-corrected chi connectivity index (χ0v) is 12.7. The third kappa shape index (κ3) is 3.67. The van der Waals surface area contributed by atoms with Crippen LogP contribution in [0, 0.1) is 0 Å². The van der Waals surface area contributed by atoms with Crippen LogP contribution in [-0.2, 0) is 6.61 Å². The molecule has 20 heavy (non-hydrogen) atoms. The normalized spacial score (nSPS) is 19.8. The first-order valence-corrected chi connectivity index (χ1v) is 7.41. The number of rotatable bonds is 6. The van der Waals surface area contributed by atoms with E-state index in [-0.39, 0.29) is 12.5 Å². The van der Waals surface area contributed by atoms with E-state index in [0.717, 1.165) is 12.2 Å². The number of hydrogen-bond donors (Lipinski definition) is 1. The summed E-state index contributed by atoms with van der Waals surface area (Å²) in [6.07, 6.45) is 5.21. The molecule has 2 heterocycles. The van der Waals surface area contributed by atoms with E-state index in [1.54, 1.807) is 6.20 Å². The van der Waals surface area contributed by atoms with E-state index >= 15 is 0 Å². The van der Waals surface area contributed by atoms with Crippen LogP contribution in [0.4, 0.5) is 0 Å². The molecule has 1 aliphatic heterocycles. The molecule has 2 rings (SSSR count). The van der Waals surface area contributed by atoms with Crippen molar-refractivity contribution in [3.05, 3.63) is 17.7 Å². The monoisotopic (exact) mass is 279 g/mol. The molecule has 0 amide bonds. The fourth-order valence-corrected chi connectivity index (χ4v) is 2.58. The van der Waals surface area contributed by atoms with Gasteiger partial charge in [-0.3, -0.25) is 0 Å². The standard InChI is InChI=1S/C15H25N3O2/c1-11(2)15-16-9-14(13(10-19)17-15)20-8-6-12-5-4-7-18(12)3/h9,11-12,19H,4-8,10H2,1-3H3. The first-order chi connectivity index (χ1) is 9.61. The molecule has 1 aromatic heterocycles. The highest BCUT2D eigenvalue weighted by Crippen LogP contribution is 2.21. The second-order valence-electron chi connectivity index (χ2n) is 5.77. The van der Waals surface area contributed by atoms with Crippen LogP contribution in [0.3, 0.4) is 0 Å². The highest BCUT2D eigenvalue weighted by atomic mass is 16.5. The van der Waals surface area contributed by atoms with Crippen LogP contribution in [0.1, 0.15) is 50.5 Å². The van der Waals surface area contributed by atoms with Gasteiger partial charge in [0, 0.05) is 12.0 Å². The van der Waals surface area contributed by atoms with Crippen molar-refractivity contribution in [2.24, 2.45) is 0 Å². The van der Waals surface area contributed by atoms with Crippen LogP contribution < -0.4 is 4.74 Å². The summed E-state index contributed by atoms with van der Waals surface area (Å²) in [5.74, 6) is 1.61. The summed E-state index contributed by atoms with van der Waals surface area (Å²) in [6.45, 7) is 5.78. The SMILES string of the molecule is CC(C)c1ncc(OCCC2CCCN2C)c(CO)n1. The van der Waals surface area contributed by atoms with Crippen molar-refractivity contribution in [3.63, 3.8) is 0 Å². The van der Waals surface area contributed by atoms with Crippen LogP contribution >= 0.6 is 0 Å². The van der Waals surface area contributed by atoms with E-state index in [2.05, 4.69) is 21.9 Å². The lowest BCUT2D eigenvalue weighted by molar-refractivity contribution is 0.222. The van der Waals surface area contributed by atoms with Gasteiger partial charge < -0.3 is 14.7 Å². The average molecular weight is 279 g/mol. The molecule has 1 aromatic rings. The quantitative estimate of drug-likeness (QED) is 0.862. The Balaban J connectivity index is 1.91. The van der Waals surface area contributed by atoms with Gasteiger partial charge >= 0.3 is 0 Å². The molecule has 5 nitrogen and oxygen atoms in total. The number of aliphatic hydroxyl groups excluding tert-OH is 1. The lowest BCUT2D eigenvalue weighted by Gasteiger charge is -2.19. The molecule has 1 N–H and O–H groups in total. The molecule has 0 bridgehead atoms. The summed E-state index contributed by atoms with van der Waals surface area (Å²) < 4.78 is 5.76. The van der Waals surface area contributed by atoms with Gasteiger partial charge in [0.15, 0.2) is 5.75 Å². The molecular weight excluding hydrogens is 254 g/mol. The Hall–Kier alpha value is -1.20. The topological polar surface area (TPSA) is 58.5 Å². The van der Waals surface area contributed by atoms with E-state index in [0.29, 0.717) is 24.1 Å². The second kappa shape index (κ2) is 6.99. The molecular formula is C15H25N3O2. The fourth-order valence-electron chi connectivity index (χ4n) is 2.58. The molecule has 112 valence electrons. The van der Waals surface area contributed by atoms with Crippen molar-refractivity contribution in [1.82, 2.24) is 14.9 Å². The minimum atomic E-state index is -0.110. The highest BCUT2D eigenvalue weighted by Gasteiger charge is 2.20. The molecule has 1 saturated heterocycles. The number of aromatic nitrogens is 2. The van der Waals surface area contributed by atoms with Gasteiger partial charge in [0.05, 0.1) is 19.4 Å². The van der Waals surface area contributed by atoms with Gasteiger partial charge in [0.2, 0.25) is 0 Å². The molecule has 1 unspecified atom stereocenters. The first-order valence-electron chi connectivity index (χ1n) is 7.41. The number of aliphatic hydroxyl groups is 1. The summed E-state index contributed by atoms with van der Waals surface area (Å²) in [4.78, 5) is 11.0. The van der Waals surface area contributed by atoms with Crippen molar-refractivity contribution < 1.29 is 9.84 Å². The Morgan fingerprint density at radius 2 is 2.30 bits per heavy atom. The third-order valence-corrected chi connectivity index (χ3v) is 3.89. The summed E-state index contributed by atoms with van der Waals surface area (Å²) >= 11 is 0. The summed E-state index contributed by atoms with van der Waals surface area (Å²) in [6, 6.07) is 0.614. The molecule has 1 atom stereocenters. The number of likely N-dealkylation sites (tertiary alicyclic amines) is 1. The molecule has 1 aliphatic rings. The van der Waals surface area contributed by atoms with E-state index in [4.69, 9.17) is 4.74 Å². The molecule has 0 aromatic carbocycles. The lowest BCUT2D eigenvalue weighted by atomic mass is 10.1. The predicted molar refractivity (Wildman–Crippen MR) is 77.8 cm³/mol. The maximum absolute atomic E-state index is 9.40. The Labute approximate surface area is 121 Å². The van der Waals surface area contributed by atoms with E-state index < -0.39 is 0 Å². The number of nitrogens with zero attached hydrogens (tertiary/aromatic N) is 3. The minimum absolute atomic E-state index is 0.110. The van der Waals surface area contributed by atoms with Crippen LogP contribution in [0.15, 0.2) is 6.20 Å². The molecule has 0 saturated carbocycles. The average Bonchev–Trinajstić information content (AvgIpc) is 2.84. The largest absolute Gasteiger partial charge is 0.490 e. The predicted octanol–water partition coefficient (Wildman–Crippen LogP) is 1.96. The van der Waals surface area contributed by atoms with Crippen molar-refractivity contribution in [3.8, 4) is 5.75 Å². The van der Waals surface area contributed by atoms with E-state index in [9.17, 15) is 5.11 Å². The first kappa shape index (κ1) is 15.2. The van der Waals surface area contributed by atoms with Crippen LogP contribution in [0.5, 0.6) is 5.75 Å². The van der Waals surface area contributed by atoms with Gasteiger partial charge in [-0.15, -0.1) is 0 Å². The number of ether oxygens (including phenoxy) is 1. The molecule has 5 heteroatoms. The van der Waals surface area contributed by atoms with Gasteiger partial charge in [0.1, 0.15) is 11.5 Å². The summed E-state index contributed by atoms with van der Waals surface area (Å²) in [5.41, 5.74) is 0.587. The maximum Gasteiger partial charge on any atom is 0.161 e. The zero-order chi connectivity index (χ0) is 14.5. The van der Waals surface area contributed by atoms with E-state index in [1.165, 1.54) is 19.4 Å². The molecule has 0 radical (unpaired) electrons. The smallest absolute Gasteiger partial charge is 0.161 e.